The van der Waals surface area contributed by atoms with Gasteiger partial charge in [-0.15, -0.1) is 0 Å². The van der Waals surface area contributed by atoms with E-state index < -0.39 is 0 Å². The number of aldehydes is 1. The Morgan fingerprint density at radius 2 is 2.07 bits per heavy atom. The number of rotatable bonds is 4. The summed E-state index contributed by atoms with van der Waals surface area (Å²) in [4.78, 5) is 17.2. The van der Waals surface area contributed by atoms with Crippen molar-refractivity contribution in [2.24, 2.45) is 5.92 Å². The van der Waals surface area contributed by atoms with Crippen LogP contribution in [0.3, 0.4) is 0 Å². The molecule has 0 aliphatic carbocycles. The molecule has 1 aromatic rings. The summed E-state index contributed by atoms with van der Waals surface area (Å²) in [5.74, 6) is 1.28. The lowest BCUT2D eigenvalue weighted by Gasteiger charge is -2.29. The zero-order valence-corrected chi connectivity index (χ0v) is 9.77. The van der Waals surface area contributed by atoms with E-state index in [0.29, 0.717) is 17.5 Å². The van der Waals surface area contributed by atoms with E-state index in [1.54, 1.807) is 18.3 Å². The van der Waals surface area contributed by atoms with Crippen LogP contribution < -0.4 is 4.90 Å². The van der Waals surface area contributed by atoms with Crippen LogP contribution in [-0.2, 0) is 0 Å². The van der Waals surface area contributed by atoms with Crippen LogP contribution >= 0.6 is 0 Å². The lowest BCUT2D eigenvalue weighted by molar-refractivity contribution is 0.112. The standard InChI is InChI=1S/C12H18N2O/c1-9(2)10(3)14(4)12-11(8-15)6-5-7-13-12/h5-10H,1-4H3. The summed E-state index contributed by atoms with van der Waals surface area (Å²) in [6.45, 7) is 6.45. The first-order chi connectivity index (χ1) is 7.07. The molecule has 0 aliphatic rings. The molecule has 0 amide bonds. The number of hydrogen-bond donors (Lipinski definition) is 0. The molecule has 3 heteroatoms. The predicted molar refractivity (Wildman–Crippen MR) is 62.3 cm³/mol. The van der Waals surface area contributed by atoms with Crippen LogP contribution in [0.15, 0.2) is 18.3 Å². The topological polar surface area (TPSA) is 33.2 Å². The average Bonchev–Trinajstić information content (AvgIpc) is 2.26. The lowest BCUT2D eigenvalue weighted by atomic mass is 10.0. The van der Waals surface area contributed by atoms with Crippen LogP contribution in [0.4, 0.5) is 5.82 Å². The van der Waals surface area contributed by atoms with Crippen molar-refractivity contribution < 1.29 is 4.79 Å². The van der Waals surface area contributed by atoms with Crippen LogP contribution in [0.5, 0.6) is 0 Å². The van der Waals surface area contributed by atoms with Crippen molar-refractivity contribution in [1.82, 2.24) is 4.98 Å². The van der Waals surface area contributed by atoms with Crippen molar-refractivity contribution in [1.29, 1.82) is 0 Å². The van der Waals surface area contributed by atoms with Crippen LogP contribution in [-0.4, -0.2) is 24.4 Å². The Morgan fingerprint density at radius 1 is 1.40 bits per heavy atom. The molecule has 1 heterocycles. The minimum atomic E-state index is 0.360. The molecule has 0 bridgehead atoms. The highest BCUT2D eigenvalue weighted by Gasteiger charge is 2.16. The van der Waals surface area contributed by atoms with Gasteiger partial charge in [-0.1, -0.05) is 13.8 Å². The third-order valence-corrected chi connectivity index (χ3v) is 2.85. The van der Waals surface area contributed by atoms with Crippen molar-refractivity contribution in [2.75, 3.05) is 11.9 Å². The zero-order valence-electron chi connectivity index (χ0n) is 9.77. The van der Waals surface area contributed by atoms with Crippen molar-refractivity contribution >= 4 is 12.1 Å². The van der Waals surface area contributed by atoms with Gasteiger partial charge in [-0.2, -0.15) is 0 Å². The summed E-state index contributed by atoms with van der Waals surface area (Å²) < 4.78 is 0. The minimum absolute atomic E-state index is 0.360. The highest BCUT2D eigenvalue weighted by atomic mass is 16.1. The monoisotopic (exact) mass is 206 g/mol. The summed E-state index contributed by atoms with van der Waals surface area (Å²) in [7, 11) is 1.97. The molecule has 0 radical (unpaired) electrons. The Kier molecular flexibility index (Phi) is 3.83. The van der Waals surface area contributed by atoms with Gasteiger partial charge >= 0.3 is 0 Å². The average molecular weight is 206 g/mol. The number of pyridine rings is 1. The fourth-order valence-corrected chi connectivity index (χ4v) is 1.44. The third-order valence-electron chi connectivity index (χ3n) is 2.85. The Hall–Kier alpha value is -1.38. The highest BCUT2D eigenvalue weighted by Crippen LogP contribution is 2.19. The van der Waals surface area contributed by atoms with E-state index in [0.717, 1.165) is 12.1 Å². The largest absolute Gasteiger partial charge is 0.356 e. The van der Waals surface area contributed by atoms with Crippen molar-refractivity contribution in [3.63, 3.8) is 0 Å². The van der Waals surface area contributed by atoms with Gasteiger partial charge in [-0.25, -0.2) is 4.98 Å². The Balaban J connectivity index is 2.99. The van der Waals surface area contributed by atoms with Crippen molar-refractivity contribution in [3.8, 4) is 0 Å². The summed E-state index contributed by atoms with van der Waals surface area (Å²) >= 11 is 0. The number of carbonyl (C=O) groups excluding carboxylic acids is 1. The van der Waals surface area contributed by atoms with Crippen molar-refractivity contribution in [2.45, 2.75) is 26.8 Å². The molecular formula is C12H18N2O. The van der Waals surface area contributed by atoms with Gasteiger partial charge in [-0.05, 0) is 25.0 Å². The molecular weight excluding hydrogens is 188 g/mol. The SMILES string of the molecule is CC(C)C(C)N(C)c1ncccc1C=O. The van der Waals surface area contributed by atoms with E-state index in [2.05, 4.69) is 30.7 Å². The number of aromatic nitrogens is 1. The molecule has 0 N–H and O–H groups in total. The second-order valence-corrected chi connectivity index (χ2v) is 4.13. The van der Waals surface area contributed by atoms with Crippen LogP contribution in [0, 0.1) is 5.92 Å². The predicted octanol–water partition coefficient (Wildman–Crippen LogP) is 2.37. The Bertz CT molecular complexity index is 336. The molecule has 0 aliphatic heterocycles. The molecule has 0 saturated carbocycles. The quantitative estimate of drug-likeness (QED) is 0.709. The highest BCUT2D eigenvalue weighted by molar-refractivity contribution is 5.82. The minimum Gasteiger partial charge on any atom is -0.356 e. The molecule has 3 nitrogen and oxygen atoms in total. The number of hydrogen-bond acceptors (Lipinski definition) is 3. The van der Waals surface area contributed by atoms with Crippen LogP contribution in [0.2, 0.25) is 0 Å². The van der Waals surface area contributed by atoms with Gasteiger partial charge in [0, 0.05) is 19.3 Å². The lowest BCUT2D eigenvalue weighted by Crippen LogP contribution is -2.34. The number of carbonyl (C=O) groups is 1. The fraction of sp³-hybridized carbons (Fsp3) is 0.500. The van der Waals surface area contributed by atoms with E-state index in [1.165, 1.54) is 0 Å². The second kappa shape index (κ2) is 4.91. The molecule has 0 fully saturated rings. The molecule has 0 aromatic carbocycles. The molecule has 0 saturated heterocycles. The fourth-order valence-electron chi connectivity index (χ4n) is 1.44. The van der Waals surface area contributed by atoms with Gasteiger partial charge < -0.3 is 4.90 Å². The maximum atomic E-state index is 10.9. The third kappa shape index (κ3) is 2.55. The first-order valence-corrected chi connectivity index (χ1v) is 5.21. The molecule has 1 rings (SSSR count). The first-order valence-electron chi connectivity index (χ1n) is 5.21. The summed E-state index contributed by atoms with van der Waals surface area (Å²) in [5, 5.41) is 0. The van der Waals surface area contributed by atoms with Gasteiger partial charge in [0.2, 0.25) is 0 Å². The molecule has 1 atom stereocenters. The van der Waals surface area contributed by atoms with Crippen LogP contribution in [0.1, 0.15) is 31.1 Å². The maximum Gasteiger partial charge on any atom is 0.153 e. The molecule has 1 unspecified atom stereocenters. The van der Waals surface area contributed by atoms with E-state index in [-0.39, 0.29) is 0 Å². The summed E-state index contributed by atoms with van der Waals surface area (Å²) in [6, 6.07) is 3.93. The van der Waals surface area contributed by atoms with E-state index in [4.69, 9.17) is 0 Å². The Labute approximate surface area is 91.1 Å². The van der Waals surface area contributed by atoms with E-state index in [9.17, 15) is 4.79 Å². The second-order valence-electron chi connectivity index (χ2n) is 4.13. The first kappa shape index (κ1) is 11.7. The Morgan fingerprint density at radius 3 is 2.60 bits per heavy atom. The molecule has 1 aromatic heterocycles. The van der Waals surface area contributed by atoms with Gasteiger partial charge in [0.1, 0.15) is 5.82 Å². The van der Waals surface area contributed by atoms with E-state index in [1.807, 2.05) is 7.05 Å². The van der Waals surface area contributed by atoms with Crippen molar-refractivity contribution in [3.05, 3.63) is 23.9 Å². The van der Waals surface area contributed by atoms with Gasteiger partial charge in [0.15, 0.2) is 6.29 Å². The maximum absolute atomic E-state index is 10.9. The number of anilines is 1. The van der Waals surface area contributed by atoms with Gasteiger partial charge in [-0.3, -0.25) is 4.79 Å². The molecule has 0 spiro atoms. The number of nitrogens with zero attached hydrogens (tertiary/aromatic N) is 2. The summed E-state index contributed by atoms with van der Waals surface area (Å²) in [5.41, 5.74) is 0.646. The van der Waals surface area contributed by atoms with Gasteiger partial charge in [0.05, 0.1) is 5.56 Å². The van der Waals surface area contributed by atoms with E-state index >= 15 is 0 Å². The zero-order chi connectivity index (χ0) is 11.4. The normalized spacial score (nSPS) is 12.6. The summed E-state index contributed by atoms with van der Waals surface area (Å²) in [6.07, 6.45) is 2.57. The molecule has 15 heavy (non-hydrogen) atoms. The molecule has 82 valence electrons. The smallest absolute Gasteiger partial charge is 0.153 e. The van der Waals surface area contributed by atoms with Gasteiger partial charge in [0.25, 0.3) is 0 Å². The van der Waals surface area contributed by atoms with Crippen LogP contribution in [0.25, 0.3) is 0 Å².